The van der Waals surface area contributed by atoms with E-state index in [1.807, 2.05) is 18.2 Å². The number of nitrogens with two attached hydrogens (primary N) is 1. The van der Waals surface area contributed by atoms with E-state index in [1.54, 1.807) is 6.07 Å². The molecule has 1 aliphatic heterocycles. The third-order valence-electron chi connectivity index (χ3n) is 4.65. The van der Waals surface area contributed by atoms with E-state index in [0.29, 0.717) is 23.5 Å². The van der Waals surface area contributed by atoms with Gasteiger partial charge in [0.05, 0.1) is 11.5 Å². The molecule has 136 valence electrons. The molecule has 4 rings (SSSR count). The van der Waals surface area contributed by atoms with Crippen LogP contribution in [0.1, 0.15) is 17.4 Å². The minimum Gasteiger partial charge on any atom is -0.439 e. The van der Waals surface area contributed by atoms with Gasteiger partial charge in [-0.25, -0.2) is 4.98 Å². The van der Waals surface area contributed by atoms with Gasteiger partial charge in [-0.2, -0.15) is 0 Å². The van der Waals surface area contributed by atoms with Crippen molar-refractivity contribution in [2.45, 2.75) is 18.5 Å². The summed E-state index contributed by atoms with van der Waals surface area (Å²) in [5, 5.41) is 10.9. The third kappa shape index (κ3) is 3.55. The molecule has 1 saturated heterocycles. The first-order valence-corrected chi connectivity index (χ1v) is 8.17. The number of halogens is 1. The van der Waals surface area contributed by atoms with Crippen LogP contribution in [0.25, 0.3) is 11.1 Å². The van der Waals surface area contributed by atoms with Crippen molar-refractivity contribution in [1.29, 1.82) is 0 Å². The van der Waals surface area contributed by atoms with Gasteiger partial charge in [0.1, 0.15) is 5.52 Å². The number of nitro benzene ring substituents is 1. The second-order valence-electron chi connectivity index (χ2n) is 6.39. The molecule has 26 heavy (non-hydrogen) atoms. The molecule has 1 aliphatic rings. The number of oxazole rings is 1. The van der Waals surface area contributed by atoms with Gasteiger partial charge in [0.15, 0.2) is 5.58 Å². The Balaban J connectivity index is 0.00000196. The van der Waals surface area contributed by atoms with Crippen LogP contribution in [0.3, 0.4) is 0 Å². The Morgan fingerprint density at radius 2 is 2.00 bits per heavy atom. The summed E-state index contributed by atoms with van der Waals surface area (Å²) in [5.41, 5.74) is 8.64. The minimum absolute atomic E-state index is 0. The Bertz CT molecular complexity index is 915. The van der Waals surface area contributed by atoms with E-state index in [2.05, 4.69) is 22.0 Å². The quantitative estimate of drug-likeness (QED) is 0.556. The van der Waals surface area contributed by atoms with Crippen molar-refractivity contribution in [2.75, 3.05) is 13.1 Å². The fraction of sp³-hybridized carbons (Fsp3) is 0.278. The maximum Gasteiger partial charge on any atom is 0.271 e. The minimum atomic E-state index is -0.433. The highest BCUT2D eigenvalue weighted by Gasteiger charge is 2.31. The van der Waals surface area contributed by atoms with Crippen LogP contribution in [-0.2, 0) is 6.54 Å². The van der Waals surface area contributed by atoms with E-state index in [1.165, 1.54) is 17.7 Å². The van der Waals surface area contributed by atoms with Crippen LogP contribution in [0.4, 0.5) is 5.69 Å². The van der Waals surface area contributed by atoms with Gasteiger partial charge in [0, 0.05) is 37.2 Å². The van der Waals surface area contributed by atoms with E-state index >= 15 is 0 Å². The summed E-state index contributed by atoms with van der Waals surface area (Å²) in [4.78, 5) is 17.0. The standard InChI is InChI=1S/C18H18N4O3.ClH/c19-15-10-21(9-14(15)12-4-2-1-3-5-12)11-18-20-16-8-13(22(23)24)6-7-17(16)25-18;/h1-8,14-15H,9-11,19H2;1H/t14-,15+;/m0./s1. The van der Waals surface area contributed by atoms with Gasteiger partial charge in [-0.1, -0.05) is 30.3 Å². The number of hydrogen-bond acceptors (Lipinski definition) is 6. The van der Waals surface area contributed by atoms with Gasteiger partial charge in [0.25, 0.3) is 5.69 Å². The zero-order valence-corrected chi connectivity index (χ0v) is 14.8. The molecule has 3 aromatic rings. The van der Waals surface area contributed by atoms with Crippen molar-refractivity contribution in [3.05, 3.63) is 70.1 Å². The van der Waals surface area contributed by atoms with Crippen molar-refractivity contribution in [1.82, 2.24) is 9.88 Å². The Labute approximate surface area is 156 Å². The average molecular weight is 375 g/mol. The number of nitrogens with zero attached hydrogens (tertiary/aromatic N) is 3. The second-order valence-corrected chi connectivity index (χ2v) is 6.39. The van der Waals surface area contributed by atoms with Gasteiger partial charge >= 0.3 is 0 Å². The Morgan fingerprint density at radius 3 is 2.73 bits per heavy atom. The lowest BCUT2D eigenvalue weighted by Gasteiger charge is -2.14. The van der Waals surface area contributed by atoms with Crippen LogP contribution >= 0.6 is 12.4 Å². The summed E-state index contributed by atoms with van der Waals surface area (Å²) in [6.07, 6.45) is 0. The van der Waals surface area contributed by atoms with Crippen molar-refractivity contribution in [2.24, 2.45) is 5.73 Å². The molecular formula is C18H19ClN4O3. The van der Waals surface area contributed by atoms with Gasteiger partial charge in [-0.15, -0.1) is 12.4 Å². The molecule has 2 atom stereocenters. The predicted molar refractivity (Wildman–Crippen MR) is 100 cm³/mol. The summed E-state index contributed by atoms with van der Waals surface area (Å²) >= 11 is 0. The lowest BCUT2D eigenvalue weighted by molar-refractivity contribution is -0.384. The molecule has 1 aromatic heterocycles. The molecule has 0 bridgehead atoms. The molecule has 0 unspecified atom stereocenters. The predicted octanol–water partition coefficient (Wildman–Crippen LogP) is 3.08. The number of likely N-dealkylation sites (tertiary alicyclic amines) is 1. The van der Waals surface area contributed by atoms with Crippen LogP contribution in [0, 0.1) is 10.1 Å². The number of hydrogen-bond donors (Lipinski definition) is 1. The van der Waals surface area contributed by atoms with Gasteiger partial charge in [-0.05, 0) is 11.6 Å². The van der Waals surface area contributed by atoms with Gasteiger partial charge < -0.3 is 10.2 Å². The molecule has 0 aliphatic carbocycles. The normalized spacial score (nSPS) is 20.2. The SMILES string of the molecule is Cl.N[C@@H]1CN(Cc2nc3cc([N+](=O)[O-])ccc3o2)C[C@H]1c1ccccc1. The zero-order chi connectivity index (χ0) is 17.4. The molecular weight excluding hydrogens is 356 g/mol. The first-order chi connectivity index (χ1) is 12.1. The van der Waals surface area contributed by atoms with E-state index in [4.69, 9.17) is 10.2 Å². The average Bonchev–Trinajstić information content (AvgIpc) is 3.17. The molecule has 1 fully saturated rings. The third-order valence-corrected chi connectivity index (χ3v) is 4.65. The maximum atomic E-state index is 10.9. The molecule has 2 N–H and O–H groups in total. The largest absolute Gasteiger partial charge is 0.439 e. The highest BCUT2D eigenvalue weighted by molar-refractivity contribution is 5.85. The van der Waals surface area contributed by atoms with E-state index in [9.17, 15) is 10.1 Å². The Hall–Kier alpha value is -2.48. The molecule has 2 aromatic carbocycles. The molecule has 0 saturated carbocycles. The molecule has 7 nitrogen and oxygen atoms in total. The fourth-order valence-electron chi connectivity index (χ4n) is 3.43. The van der Waals surface area contributed by atoms with E-state index in [-0.39, 0.29) is 30.1 Å². The van der Waals surface area contributed by atoms with Crippen LogP contribution in [-0.4, -0.2) is 33.9 Å². The highest BCUT2D eigenvalue weighted by atomic mass is 35.5. The van der Waals surface area contributed by atoms with Crippen LogP contribution in [0.5, 0.6) is 0 Å². The number of rotatable bonds is 4. The summed E-state index contributed by atoms with van der Waals surface area (Å²) in [5.74, 6) is 0.836. The van der Waals surface area contributed by atoms with Crippen LogP contribution < -0.4 is 5.73 Å². The number of benzene rings is 2. The first kappa shape index (κ1) is 18.3. The monoisotopic (exact) mass is 374 g/mol. The topological polar surface area (TPSA) is 98.4 Å². The van der Waals surface area contributed by atoms with Crippen LogP contribution in [0.15, 0.2) is 52.9 Å². The van der Waals surface area contributed by atoms with Gasteiger partial charge in [0.2, 0.25) is 5.89 Å². The van der Waals surface area contributed by atoms with Gasteiger partial charge in [-0.3, -0.25) is 15.0 Å². The fourth-order valence-corrected chi connectivity index (χ4v) is 3.43. The second kappa shape index (κ2) is 7.41. The number of aromatic nitrogens is 1. The molecule has 0 amide bonds. The number of non-ortho nitro benzene ring substituents is 1. The molecule has 0 radical (unpaired) electrons. The molecule has 0 spiro atoms. The Kier molecular flexibility index (Phi) is 5.22. The van der Waals surface area contributed by atoms with E-state index in [0.717, 1.165) is 13.1 Å². The highest BCUT2D eigenvalue weighted by Crippen LogP contribution is 2.28. The smallest absolute Gasteiger partial charge is 0.271 e. The number of nitro groups is 1. The lowest BCUT2D eigenvalue weighted by Crippen LogP contribution is -2.28. The zero-order valence-electron chi connectivity index (χ0n) is 13.9. The van der Waals surface area contributed by atoms with Crippen LogP contribution in [0.2, 0.25) is 0 Å². The van der Waals surface area contributed by atoms with Crippen molar-refractivity contribution in [3.8, 4) is 0 Å². The first-order valence-electron chi connectivity index (χ1n) is 8.17. The lowest BCUT2D eigenvalue weighted by atomic mass is 9.95. The van der Waals surface area contributed by atoms with E-state index < -0.39 is 4.92 Å². The molecule has 2 heterocycles. The summed E-state index contributed by atoms with van der Waals surface area (Å²) in [6.45, 7) is 2.14. The molecule has 8 heteroatoms. The number of fused-ring (bicyclic) bond motifs is 1. The van der Waals surface area contributed by atoms with Crippen molar-refractivity contribution in [3.63, 3.8) is 0 Å². The van der Waals surface area contributed by atoms with Crippen molar-refractivity contribution < 1.29 is 9.34 Å². The summed E-state index contributed by atoms with van der Waals surface area (Å²) in [6, 6.07) is 14.8. The summed E-state index contributed by atoms with van der Waals surface area (Å²) in [7, 11) is 0. The Morgan fingerprint density at radius 1 is 1.23 bits per heavy atom. The maximum absolute atomic E-state index is 10.9. The van der Waals surface area contributed by atoms with Crippen molar-refractivity contribution >= 4 is 29.2 Å². The summed E-state index contributed by atoms with van der Waals surface area (Å²) < 4.78 is 5.72.